The van der Waals surface area contributed by atoms with Gasteiger partial charge in [-0.1, -0.05) is 43.1 Å². The van der Waals surface area contributed by atoms with Crippen LogP contribution in [0.1, 0.15) is 35.3 Å². The van der Waals surface area contributed by atoms with Crippen LogP contribution >= 0.6 is 23.2 Å². The van der Waals surface area contributed by atoms with E-state index < -0.39 is 0 Å². The molecule has 1 aliphatic heterocycles. The lowest BCUT2D eigenvalue weighted by atomic mass is 9.98. The van der Waals surface area contributed by atoms with Gasteiger partial charge in [0, 0.05) is 29.7 Å². The highest BCUT2D eigenvalue weighted by Crippen LogP contribution is 2.25. The Morgan fingerprint density at radius 2 is 1.85 bits per heavy atom. The summed E-state index contributed by atoms with van der Waals surface area (Å²) in [5.41, 5.74) is 3.26. The number of carbonyl (C=O) groups is 2. The topological polar surface area (TPSA) is 49.4 Å². The summed E-state index contributed by atoms with van der Waals surface area (Å²) in [6, 6.07) is 10.6. The van der Waals surface area contributed by atoms with Crippen LogP contribution in [0.25, 0.3) is 0 Å². The van der Waals surface area contributed by atoms with Gasteiger partial charge in [-0.15, -0.1) is 0 Å². The van der Waals surface area contributed by atoms with Gasteiger partial charge in [-0.2, -0.15) is 0 Å². The van der Waals surface area contributed by atoms with E-state index in [1.807, 2.05) is 36.9 Å². The molecule has 3 rings (SSSR count). The van der Waals surface area contributed by atoms with Crippen molar-refractivity contribution >= 4 is 40.7 Å². The van der Waals surface area contributed by atoms with Gasteiger partial charge in [-0.3, -0.25) is 9.59 Å². The molecular weight excluding hydrogens is 371 g/mol. The molecule has 1 aliphatic rings. The molecule has 0 radical (unpaired) electrons. The first-order valence-corrected chi connectivity index (χ1v) is 9.27. The molecule has 0 aromatic heterocycles. The summed E-state index contributed by atoms with van der Waals surface area (Å²) in [7, 11) is 0. The van der Waals surface area contributed by atoms with Crippen LogP contribution < -0.4 is 5.32 Å². The van der Waals surface area contributed by atoms with Crippen molar-refractivity contribution < 1.29 is 9.59 Å². The molecule has 0 bridgehead atoms. The van der Waals surface area contributed by atoms with Crippen molar-refractivity contribution in [1.29, 1.82) is 0 Å². The second-order valence-corrected chi connectivity index (χ2v) is 7.57. The highest BCUT2D eigenvalue weighted by atomic mass is 35.5. The molecule has 26 heavy (non-hydrogen) atoms. The number of anilines is 1. The number of fused-ring (bicyclic) bond motifs is 1. The lowest BCUT2D eigenvalue weighted by Crippen LogP contribution is -2.38. The summed E-state index contributed by atoms with van der Waals surface area (Å²) >= 11 is 12.0. The summed E-state index contributed by atoms with van der Waals surface area (Å²) in [5, 5.41) is 3.66. The Balaban J connectivity index is 1.79. The maximum atomic E-state index is 12.5. The second-order valence-electron chi connectivity index (χ2n) is 6.73. The van der Waals surface area contributed by atoms with Gasteiger partial charge in [0.15, 0.2) is 0 Å². The molecule has 0 spiro atoms. The first kappa shape index (κ1) is 18.7. The molecule has 0 saturated carbocycles. The summed E-state index contributed by atoms with van der Waals surface area (Å²) in [4.78, 5) is 26.6. The van der Waals surface area contributed by atoms with Crippen molar-refractivity contribution in [3.63, 3.8) is 0 Å². The van der Waals surface area contributed by atoms with Crippen LogP contribution in [-0.2, 0) is 17.8 Å². The Labute approximate surface area is 163 Å². The van der Waals surface area contributed by atoms with Crippen molar-refractivity contribution in [1.82, 2.24) is 4.90 Å². The molecule has 0 unspecified atom stereocenters. The molecule has 0 aliphatic carbocycles. The highest BCUT2D eigenvalue weighted by molar-refractivity contribution is 6.36. The Kier molecular flexibility index (Phi) is 5.54. The number of nitrogens with one attached hydrogen (secondary N) is 1. The third-order valence-electron chi connectivity index (χ3n) is 4.46. The molecule has 1 N–H and O–H groups in total. The van der Waals surface area contributed by atoms with Gasteiger partial charge in [-0.25, -0.2) is 0 Å². The fourth-order valence-corrected chi connectivity index (χ4v) is 3.43. The van der Waals surface area contributed by atoms with Crippen molar-refractivity contribution in [3.05, 3.63) is 63.1 Å². The summed E-state index contributed by atoms with van der Waals surface area (Å²) < 4.78 is 0. The maximum absolute atomic E-state index is 12.5. The molecule has 136 valence electrons. The van der Waals surface area contributed by atoms with E-state index in [4.69, 9.17) is 23.2 Å². The van der Waals surface area contributed by atoms with Gasteiger partial charge in [0.25, 0.3) is 5.91 Å². The standard InChI is InChI=1S/C20H20Cl2N2O2/c1-12(2)20(26)24-8-7-13-3-5-16(9-14(13)11-24)23-19(25)17-10-15(21)4-6-18(17)22/h3-6,9-10,12H,7-8,11H2,1-2H3,(H,23,25). The number of hydrogen-bond acceptors (Lipinski definition) is 2. The molecule has 0 saturated heterocycles. The van der Waals surface area contributed by atoms with Crippen LogP contribution in [-0.4, -0.2) is 23.3 Å². The van der Waals surface area contributed by atoms with Crippen LogP contribution in [0.2, 0.25) is 10.0 Å². The number of nitrogens with zero attached hydrogens (tertiary/aromatic N) is 1. The predicted molar refractivity (Wildman–Crippen MR) is 105 cm³/mol. The Hall–Kier alpha value is -2.04. The Morgan fingerprint density at radius 3 is 2.58 bits per heavy atom. The molecule has 2 amide bonds. The summed E-state index contributed by atoms with van der Waals surface area (Å²) in [6.45, 7) is 5.11. The zero-order valence-electron chi connectivity index (χ0n) is 14.7. The van der Waals surface area contributed by atoms with Gasteiger partial charge in [0.1, 0.15) is 0 Å². The van der Waals surface area contributed by atoms with Gasteiger partial charge >= 0.3 is 0 Å². The van der Waals surface area contributed by atoms with Crippen LogP contribution in [0.15, 0.2) is 36.4 Å². The third kappa shape index (κ3) is 4.02. The molecule has 4 nitrogen and oxygen atoms in total. The normalized spacial score (nSPS) is 13.5. The minimum absolute atomic E-state index is 0.0237. The number of rotatable bonds is 3. The lowest BCUT2D eigenvalue weighted by Gasteiger charge is -2.30. The van der Waals surface area contributed by atoms with E-state index in [1.165, 1.54) is 5.56 Å². The first-order chi connectivity index (χ1) is 12.3. The predicted octanol–water partition coefficient (Wildman–Crippen LogP) is 4.79. The fraction of sp³-hybridized carbons (Fsp3) is 0.300. The van der Waals surface area contributed by atoms with E-state index in [9.17, 15) is 9.59 Å². The van der Waals surface area contributed by atoms with Crippen molar-refractivity contribution in [3.8, 4) is 0 Å². The van der Waals surface area contributed by atoms with Gasteiger partial charge in [0.05, 0.1) is 10.6 Å². The molecule has 2 aromatic rings. The van der Waals surface area contributed by atoms with Crippen LogP contribution in [0, 0.1) is 5.92 Å². The second kappa shape index (κ2) is 7.68. The van der Waals surface area contributed by atoms with Crippen molar-refractivity contribution in [2.24, 2.45) is 5.92 Å². The fourth-order valence-electron chi connectivity index (χ4n) is 3.06. The minimum Gasteiger partial charge on any atom is -0.338 e. The van der Waals surface area contributed by atoms with E-state index in [0.29, 0.717) is 27.8 Å². The molecule has 6 heteroatoms. The smallest absolute Gasteiger partial charge is 0.257 e. The number of halogens is 2. The van der Waals surface area contributed by atoms with Gasteiger partial charge < -0.3 is 10.2 Å². The minimum atomic E-state index is -0.316. The average Bonchev–Trinajstić information content (AvgIpc) is 2.62. The third-order valence-corrected chi connectivity index (χ3v) is 5.02. The Bertz CT molecular complexity index is 865. The summed E-state index contributed by atoms with van der Waals surface area (Å²) in [5.74, 6) is -0.191. The molecule has 0 atom stereocenters. The zero-order chi connectivity index (χ0) is 18.8. The van der Waals surface area contributed by atoms with E-state index >= 15 is 0 Å². The SMILES string of the molecule is CC(C)C(=O)N1CCc2ccc(NC(=O)c3cc(Cl)ccc3Cl)cc2C1. The van der Waals surface area contributed by atoms with Crippen LogP contribution in [0.3, 0.4) is 0 Å². The lowest BCUT2D eigenvalue weighted by molar-refractivity contribution is -0.135. The van der Waals surface area contributed by atoms with E-state index in [1.54, 1.807) is 18.2 Å². The molecule has 0 fully saturated rings. The summed E-state index contributed by atoms with van der Waals surface area (Å²) in [6.07, 6.45) is 0.822. The number of carbonyl (C=O) groups excluding carboxylic acids is 2. The van der Waals surface area contributed by atoms with E-state index in [2.05, 4.69) is 5.32 Å². The highest BCUT2D eigenvalue weighted by Gasteiger charge is 2.23. The maximum Gasteiger partial charge on any atom is 0.257 e. The number of amides is 2. The van der Waals surface area contributed by atoms with E-state index in [0.717, 1.165) is 18.5 Å². The van der Waals surface area contributed by atoms with Crippen LogP contribution in [0.4, 0.5) is 5.69 Å². The Morgan fingerprint density at radius 1 is 1.08 bits per heavy atom. The van der Waals surface area contributed by atoms with Gasteiger partial charge in [0.2, 0.25) is 5.91 Å². The molecular formula is C20H20Cl2N2O2. The van der Waals surface area contributed by atoms with Gasteiger partial charge in [-0.05, 0) is 47.9 Å². The average molecular weight is 391 g/mol. The van der Waals surface area contributed by atoms with Crippen molar-refractivity contribution in [2.75, 3.05) is 11.9 Å². The molecule has 1 heterocycles. The largest absolute Gasteiger partial charge is 0.338 e. The van der Waals surface area contributed by atoms with E-state index in [-0.39, 0.29) is 17.7 Å². The number of hydrogen-bond donors (Lipinski definition) is 1. The molecule has 2 aromatic carbocycles. The quantitative estimate of drug-likeness (QED) is 0.818. The first-order valence-electron chi connectivity index (χ1n) is 8.52. The monoisotopic (exact) mass is 390 g/mol. The van der Waals surface area contributed by atoms with Crippen molar-refractivity contribution in [2.45, 2.75) is 26.8 Å². The van der Waals surface area contributed by atoms with Crippen LogP contribution in [0.5, 0.6) is 0 Å². The number of benzene rings is 2. The zero-order valence-corrected chi connectivity index (χ0v) is 16.2.